The van der Waals surface area contributed by atoms with Crippen molar-refractivity contribution in [3.05, 3.63) is 0 Å². The first-order valence-electron chi connectivity index (χ1n) is 7.20. The number of amides is 2. The number of carboxylic acids is 1. The van der Waals surface area contributed by atoms with Gasteiger partial charge in [0.05, 0.1) is 0 Å². The summed E-state index contributed by atoms with van der Waals surface area (Å²) in [5.41, 5.74) is -1.08. The molecule has 116 valence electrons. The van der Waals surface area contributed by atoms with E-state index in [9.17, 15) is 14.7 Å². The molecule has 1 rings (SSSR count). The Kier molecular flexibility index (Phi) is 6.65. The fourth-order valence-corrected chi connectivity index (χ4v) is 3.28. The zero-order chi connectivity index (χ0) is 15.2. The van der Waals surface area contributed by atoms with Gasteiger partial charge in [0.1, 0.15) is 5.54 Å². The number of urea groups is 1. The quantitative estimate of drug-likeness (QED) is 0.766. The van der Waals surface area contributed by atoms with Crippen molar-refractivity contribution in [2.24, 2.45) is 0 Å². The summed E-state index contributed by atoms with van der Waals surface area (Å²) < 4.78 is 0. The second-order valence-electron chi connectivity index (χ2n) is 5.65. The van der Waals surface area contributed by atoms with Crippen LogP contribution in [0.1, 0.15) is 45.4 Å². The van der Waals surface area contributed by atoms with Gasteiger partial charge < -0.3 is 15.3 Å². The van der Waals surface area contributed by atoms with Gasteiger partial charge in [0.15, 0.2) is 0 Å². The molecule has 0 heterocycles. The third-order valence-electron chi connectivity index (χ3n) is 4.10. The van der Waals surface area contributed by atoms with Gasteiger partial charge in [-0.1, -0.05) is 25.7 Å². The lowest BCUT2D eigenvalue weighted by atomic mass is 9.90. The fraction of sp³-hybridized carbons (Fsp3) is 0.857. The third-order valence-corrected chi connectivity index (χ3v) is 4.92. The number of thioether (sulfide) groups is 1. The topological polar surface area (TPSA) is 69.6 Å². The highest BCUT2D eigenvalue weighted by molar-refractivity contribution is 7.98. The molecule has 0 aromatic rings. The van der Waals surface area contributed by atoms with Crippen molar-refractivity contribution >= 4 is 23.8 Å². The van der Waals surface area contributed by atoms with E-state index in [0.717, 1.165) is 31.4 Å². The SMILES string of the molecule is CSCC(C)N(C)C(=O)NC1(C(=O)O)CCCCCC1. The maximum atomic E-state index is 12.3. The molecule has 0 bridgehead atoms. The van der Waals surface area contributed by atoms with E-state index in [1.807, 2.05) is 13.2 Å². The third kappa shape index (κ3) is 4.30. The van der Waals surface area contributed by atoms with Gasteiger partial charge in [0.2, 0.25) is 0 Å². The molecule has 0 spiro atoms. The van der Waals surface area contributed by atoms with E-state index in [1.54, 1.807) is 23.7 Å². The Hall–Kier alpha value is -0.910. The summed E-state index contributed by atoms with van der Waals surface area (Å²) in [7, 11) is 1.72. The Morgan fingerprint density at radius 1 is 1.30 bits per heavy atom. The van der Waals surface area contributed by atoms with Crippen molar-refractivity contribution in [1.29, 1.82) is 0 Å². The minimum atomic E-state index is -1.08. The van der Waals surface area contributed by atoms with Crippen LogP contribution in [0, 0.1) is 0 Å². The van der Waals surface area contributed by atoms with E-state index in [-0.39, 0.29) is 12.1 Å². The number of hydrogen-bond acceptors (Lipinski definition) is 3. The molecule has 0 radical (unpaired) electrons. The van der Waals surface area contributed by atoms with Crippen molar-refractivity contribution in [2.75, 3.05) is 19.1 Å². The summed E-state index contributed by atoms with van der Waals surface area (Å²) in [5.74, 6) is -0.0667. The van der Waals surface area contributed by atoms with E-state index in [4.69, 9.17) is 0 Å². The number of carbonyl (C=O) groups is 2. The zero-order valence-electron chi connectivity index (χ0n) is 12.6. The first-order chi connectivity index (χ1) is 9.43. The van der Waals surface area contributed by atoms with Gasteiger partial charge in [-0.15, -0.1) is 0 Å². The Morgan fingerprint density at radius 2 is 1.85 bits per heavy atom. The number of nitrogens with zero attached hydrogens (tertiary/aromatic N) is 1. The van der Waals surface area contributed by atoms with Crippen LogP contribution < -0.4 is 5.32 Å². The predicted octanol–water partition coefficient (Wildman–Crippen LogP) is 2.56. The maximum Gasteiger partial charge on any atom is 0.329 e. The van der Waals surface area contributed by atoms with Gasteiger partial charge in [-0.3, -0.25) is 0 Å². The molecular weight excluding hydrogens is 276 g/mol. The Morgan fingerprint density at radius 3 is 2.30 bits per heavy atom. The van der Waals surface area contributed by atoms with E-state index >= 15 is 0 Å². The van der Waals surface area contributed by atoms with Crippen LogP contribution in [0.3, 0.4) is 0 Å². The van der Waals surface area contributed by atoms with Gasteiger partial charge >= 0.3 is 12.0 Å². The average molecular weight is 302 g/mol. The molecule has 6 heteroatoms. The lowest BCUT2D eigenvalue weighted by Gasteiger charge is -2.33. The number of rotatable bonds is 5. The monoisotopic (exact) mass is 302 g/mol. The van der Waals surface area contributed by atoms with Gasteiger partial charge in [-0.25, -0.2) is 9.59 Å². The van der Waals surface area contributed by atoms with Gasteiger partial charge in [-0.05, 0) is 26.0 Å². The highest BCUT2D eigenvalue weighted by Crippen LogP contribution is 2.27. The van der Waals surface area contributed by atoms with Crippen molar-refractivity contribution in [1.82, 2.24) is 10.2 Å². The molecule has 1 unspecified atom stereocenters. The van der Waals surface area contributed by atoms with Crippen LogP contribution in [0.15, 0.2) is 0 Å². The molecule has 0 aliphatic heterocycles. The molecule has 0 aromatic carbocycles. The van der Waals surface area contributed by atoms with Crippen LogP contribution >= 0.6 is 11.8 Å². The van der Waals surface area contributed by atoms with E-state index in [0.29, 0.717) is 12.8 Å². The number of nitrogens with one attached hydrogen (secondary N) is 1. The molecule has 0 saturated heterocycles. The smallest absolute Gasteiger partial charge is 0.329 e. The average Bonchev–Trinajstić information content (AvgIpc) is 2.64. The Labute approximate surface area is 125 Å². The first-order valence-corrected chi connectivity index (χ1v) is 8.59. The fourth-order valence-electron chi connectivity index (χ4n) is 2.57. The van der Waals surface area contributed by atoms with E-state index in [1.165, 1.54) is 0 Å². The number of hydrogen-bond donors (Lipinski definition) is 2. The zero-order valence-corrected chi connectivity index (χ0v) is 13.5. The number of carboxylic acid groups (broad SMARTS) is 1. The summed E-state index contributed by atoms with van der Waals surface area (Å²) in [6.45, 7) is 1.97. The summed E-state index contributed by atoms with van der Waals surface area (Å²) >= 11 is 1.67. The predicted molar refractivity (Wildman–Crippen MR) is 82.2 cm³/mol. The second kappa shape index (κ2) is 7.76. The lowest BCUT2D eigenvalue weighted by molar-refractivity contribution is -0.145. The van der Waals surface area contributed by atoms with Crippen molar-refractivity contribution in [3.8, 4) is 0 Å². The second-order valence-corrected chi connectivity index (χ2v) is 6.56. The molecule has 20 heavy (non-hydrogen) atoms. The molecule has 1 saturated carbocycles. The van der Waals surface area contributed by atoms with Gasteiger partial charge in [0, 0.05) is 18.8 Å². The highest BCUT2D eigenvalue weighted by Gasteiger charge is 2.40. The van der Waals surface area contributed by atoms with Crippen LogP contribution in [0.5, 0.6) is 0 Å². The molecule has 1 atom stereocenters. The van der Waals surface area contributed by atoms with E-state index in [2.05, 4.69) is 5.32 Å². The molecule has 1 aliphatic rings. The Bertz CT molecular complexity index is 341. The summed E-state index contributed by atoms with van der Waals surface area (Å²) in [6.07, 6.45) is 6.85. The standard InChI is InChI=1S/C14H26N2O3S/c1-11(10-20-3)16(2)13(19)15-14(12(17)18)8-6-4-5-7-9-14/h11H,4-10H2,1-3H3,(H,15,19)(H,17,18). The molecule has 5 nitrogen and oxygen atoms in total. The molecule has 2 amide bonds. The molecule has 0 aromatic heterocycles. The molecular formula is C14H26N2O3S. The maximum absolute atomic E-state index is 12.3. The Balaban J connectivity index is 2.74. The highest BCUT2D eigenvalue weighted by atomic mass is 32.2. The van der Waals surface area contributed by atoms with Gasteiger partial charge in [-0.2, -0.15) is 11.8 Å². The van der Waals surface area contributed by atoms with Crippen LogP contribution in [-0.4, -0.2) is 52.6 Å². The first kappa shape index (κ1) is 17.1. The number of aliphatic carboxylic acids is 1. The lowest BCUT2D eigenvalue weighted by Crippen LogP contribution is -2.58. The molecule has 1 aliphatic carbocycles. The number of carbonyl (C=O) groups excluding carboxylic acids is 1. The minimum Gasteiger partial charge on any atom is -0.480 e. The minimum absolute atomic E-state index is 0.0848. The van der Waals surface area contributed by atoms with E-state index < -0.39 is 11.5 Å². The molecule has 2 N–H and O–H groups in total. The van der Waals surface area contributed by atoms with Crippen LogP contribution in [0.4, 0.5) is 4.79 Å². The van der Waals surface area contributed by atoms with Crippen LogP contribution in [0.25, 0.3) is 0 Å². The van der Waals surface area contributed by atoms with Crippen molar-refractivity contribution < 1.29 is 14.7 Å². The summed E-state index contributed by atoms with van der Waals surface area (Å²) in [4.78, 5) is 25.5. The summed E-state index contributed by atoms with van der Waals surface area (Å²) in [6, 6.07) is -0.197. The van der Waals surface area contributed by atoms with Crippen molar-refractivity contribution in [3.63, 3.8) is 0 Å². The summed E-state index contributed by atoms with van der Waals surface area (Å²) in [5, 5.41) is 12.3. The van der Waals surface area contributed by atoms with Gasteiger partial charge in [0.25, 0.3) is 0 Å². The molecule has 1 fully saturated rings. The van der Waals surface area contributed by atoms with Crippen LogP contribution in [-0.2, 0) is 4.79 Å². The van der Waals surface area contributed by atoms with Crippen LogP contribution in [0.2, 0.25) is 0 Å². The normalized spacial score (nSPS) is 19.8. The largest absolute Gasteiger partial charge is 0.480 e. The van der Waals surface area contributed by atoms with Crippen molar-refractivity contribution in [2.45, 2.75) is 57.0 Å².